The normalized spacial score (nSPS) is 13.6. The Morgan fingerprint density at radius 3 is 2.56 bits per heavy atom. The number of fused-ring (bicyclic) bond motifs is 2. The van der Waals surface area contributed by atoms with E-state index in [1.54, 1.807) is 6.20 Å². The van der Waals surface area contributed by atoms with Gasteiger partial charge in [0, 0.05) is 42.5 Å². The van der Waals surface area contributed by atoms with Gasteiger partial charge in [-0.1, -0.05) is 43.3 Å². The Morgan fingerprint density at radius 2 is 1.79 bits per heavy atom. The molecular weight excluding hydrogens is 494 g/mol. The Balaban J connectivity index is 1.36. The summed E-state index contributed by atoms with van der Waals surface area (Å²) in [5.41, 5.74) is 3.36. The maximum absolute atomic E-state index is 13.3. The molecule has 0 radical (unpaired) electrons. The van der Waals surface area contributed by atoms with Gasteiger partial charge in [0.2, 0.25) is 0 Å². The average molecular weight is 524 g/mol. The SMILES string of the molecule is CCC(c1nnnn1Cc1ccccc1)N(Cc1cccnc1)Cc1cc2cc3c(cc2[nH]c1=O)OCCO3. The zero-order valence-corrected chi connectivity index (χ0v) is 21.7. The molecule has 0 amide bonds. The smallest absolute Gasteiger partial charge is 0.252 e. The number of ether oxygens (including phenoxy) is 2. The van der Waals surface area contributed by atoms with E-state index in [4.69, 9.17) is 9.47 Å². The lowest BCUT2D eigenvalue weighted by Crippen LogP contribution is -2.32. The van der Waals surface area contributed by atoms with E-state index in [9.17, 15) is 4.79 Å². The summed E-state index contributed by atoms with van der Waals surface area (Å²) in [5.74, 6) is 2.08. The molecule has 1 atom stereocenters. The largest absolute Gasteiger partial charge is 0.486 e. The van der Waals surface area contributed by atoms with Crippen LogP contribution in [0.1, 0.15) is 41.9 Å². The van der Waals surface area contributed by atoms with Crippen LogP contribution in [0.25, 0.3) is 10.9 Å². The molecule has 6 rings (SSSR count). The highest BCUT2D eigenvalue weighted by Gasteiger charge is 2.26. The van der Waals surface area contributed by atoms with Crippen molar-refractivity contribution in [3.05, 3.63) is 106 Å². The van der Waals surface area contributed by atoms with Crippen LogP contribution in [0.4, 0.5) is 0 Å². The van der Waals surface area contributed by atoms with Crippen molar-refractivity contribution in [3.63, 3.8) is 0 Å². The number of rotatable bonds is 9. The number of hydrogen-bond donors (Lipinski definition) is 1. The molecule has 39 heavy (non-hydrogen) atoms. The van der Waals surface area contributed by atoms with Gasteiger partial charge >= 0.3 is 0 Å². The highest BCUT2D eigenvalue weighted by atomic mass is 16.6. The van der Waals surface area contributed by atoms with Gasteiger partial charge in [0.15, 0.2) is 17.3 Å². The molecule has 0 saturated carbocycles. The molecule has 10 heteroatoms. The number of nitrogens with zero attached hydrogens (tertiary/aromatic N) is 6. The summed E-state index contributed by atoms with van der Waals surface area (Å²) in [4.78, 5) is 22.9. The van der Waals surface area contributed by atoms with Crippen molar-refractivity contribution in [1.29, 1.82) is 0 Å². The highest BCUT2D eigenvalue weighted by molar-refractivity contribution is 5.83. The van der Waals surface area contributed by atoms with Crippen molar-refractivity contribution in [2.45, 2.75) is 39.0 Å². The van der Waals surface area contributed by atoms with E-state index in [1.807, 2.05) is 59.4 Å². The molecule has 0 saturated heterocycles. The predicted octanol–water partition coefficient (Wildman–Crippen LogP) is 3.88. The maximum atomic E-state index is 13.3. The molecule has 198 valence electrons. The second kappa shape index (κ2) is 11.0. The fourth-order valence-corrected chi connectivity index (χ4v) is 5.05. The minimum absolute atomic E-state index is 0.140. The van der Waals surface area contributed by atoms with Gasteiger partial charge in [0.05, 0.1) is 18.1 Å². The topological polar surface area (TPSA) is 111 Å². The van der Waals surface area contributed by atoms with Crippen molar-refractivity contribution >= 4 is 10.9 Å². The number of aromatic amines is 1. The zero-order valence-electron chi connectivity index (χ0n) is 21.7. The summed E-state index contributed by atoms with van der Waals surface area (Å²) in [6, 6.07) is 19.6. The number of aromatic nitrogens is 6. The number of benzene rings is 2. The van der Waals surface area contributed by atoms with Crippen LogP contribution in [0, 0.1) is 0 Å². The second-order valence-corrected chi connectivity index (χ2v) is 9.58. The number of pyridine rings is 2. The van der Waals surface area contributed by atoms with E-state index in [0.717, 1.165) is 28.8 Å². The Morgan fingerprint density at radius 1 is 1.00 bits per heavy atom. The maximum Gasteiger partial charge on any atom is 0.252 e. The van der Waals surface area contributed by atoms with Crippen LogP contribution in [0.5, 0.6) is 11.5 Å². The lowest BCUT2D eigenvalue weighted by molar-refractivity contribution is 0.161. The first-order valence-corrected chi connectivity index (χ1v) is 13.1. The molecule has 1 aliphatic rings. The molecular formula is C29H29N7O3. The highest BCUT2D eigenvalue weighted by Crippen LogP contribution is 2.34. The summed E-state index contributed by atoms with van der Waals surface area (Å²) >= 11 is 0. The fraction of sp³-hybridized carbons (Fsp3) is 0.276. The van der Waals surface area contributed by atoms with E-state index in [-0.39, 0.29) is 11.6 Å². The monoisotopic (exact) mass is 523 g/mol. The lowest BCUT2D eigenvalue weighted by atomic mass is 10.1. The number of tetrazole rings is 1. The Bertz CT molecular complexity index is 1620. The first-order chi connectivity index (χ1) is 19.2. The Kier molecular flexibility index (Phi) is 7.01. The lowest BCUT2D eigenvalue weighted by Gasteiger charge is -2.30. The Hall–Kier alpha value is -4.57. The summed E-state index contributed by atoms with van der Waals surface area (Å²) in [7, 11) is 0. The molecule has 0 bridgehead atoms. The van der Waals surface area contributed by atoms with Gasteiger partial charge in [0.25, 0.3) is 5.56 Å². The van der Waals surface area contributed by atoms with E-state index >= 15 is 0 Å². The third-order valence-electron chi connectivity index (χ3n) is 6.93. The molecule has 0 spiro atoms. The van der Waals surface area contributed by atoms with Gasteiger partial charge < -0.3 is 14.5 Å². The van der Waals surface area contributed by atoms with Crippen molar-refractivity contribution in [1.82, 2.24) is 35.1 Å². The van der Waals surface area contributed by atoms with Crippen LogP contribution in [0.3, 0.4) is 0 Å². The third-order valence-corrected chi connectivity index (χ3v) is 6.93. The molecule has 0 aliphatic carbocycles. The molecule has 2 aromatic carbocycles. The number of H-pyrrole nitrogens is 1. The van der Waals surface area contributed by atoms with E-state index in [0.29, 0.717) is 55.4 Å². The summed E-state index contributed by atoms with van der Waals surface area (Å²) < 4.78 is 13.3. The van der Waals surface area contributed by atoms with Crippen LogP contribution in [0.2, 0.25) is 0 Å². The van der Waals surface area contributed by atoms with Crippen molar-refractivity contribution in [3.8, 4) is 11.5 Å². The first kappa shape index (κ1) is 24.7. The molecule has 1 aliphatic heterocycles. The fourth-order valence-electron chi connectivity index (χ4n) is 5.05. The average Bonchev–Trinajstić information content (AvgIpc) is 3.41. The summed E-state index contributed by atoms with van der Waals surface area (Å²) in [6.07, 6.45) is 4.35. The van der Waals surface area contributed by atoms with Gasteiger partial charge in [-0.05, 0) is 46.2 Å². The van der Waals surface area contributed by atoms with Crippen molar-refractivity contribution in [2.75, 3.05) is 13.2 Å². The van der Waals surface area contributed by atoms with E-state index in [1.165, 1.54) is 0 Å². The molecule has 3 aromatic heterocycles. The Labute approximate surface area is 225 Å². The predicted molar refractivity (Wildman–Crippen MR) is 145 cm³/mol. The van der Waals surface area contributed by atoms with E-state index < -0.39 is 0 Å². The molecule has 1 unspecified atom stereocenters. The van der Waals surface area contributed by atoms with E-state index in [2.05, 4.69) is 49.4 Å². The third kappa shape index (κ3) is 5.37. The zero-order chi connectivity index (χ0) is 26.6. The standard InChI is InChI=1S/C29H29N7O3/c1-2-25(28-32-33-34-36(28)18-20-7-4-3-5-8-20)35(17-21-9-6-10-30-16-21)19-23-13-22-14-26-27(39-12-11-38-26)15-24(22)31-29(23)37/h3-10,13-16,25H,2,11-12,17-19H2,1H3,(H,31,37). The number of hydrogen-bond acceptors (Lipinski definition) is 8. The minimum Gasteiger partial charge on any atom is -0.486 e. The van der Waals surface area contributed by atoms with Gasteiger partial charge in [0.1, 0.15) is 13.2 Å². The van der Waals surface area contributed by atoms with Gasteiger partial charge in [-0.15, -0.1) is 5.10 Å². The van der Waals surface area contributed by atoms with Crippen LogP contribution in [0.15, 0.2) is 77.9 Å². The van der Waals surface area contributed by atoms with Gasteiger partial charge in [-0.3, -0.25) is 14.7 Å². The summed E-state index contributed by atoms with van der Waals surface area (Å²) in [6.45, 7) is 4.63. The van der Waals surface area contributed by atoms with Gasteiger partial charge in [-0.2, -0.15) is 0 Å². The van der Waals surface area contributed by atoms with Gasteiger partial charge in [-0.25, -0.2) is 4.68 Å². The van der Waals surface area contributed by atoms with Crippen LogP contribution >= 0.6 is 0 Å². The van der Waals surface area contributed by atoms with Crippen LogP contribution in [-0.2, 0) is 19.6 Å². The minimum atomic E-state index is -0.144. The summed E-state index contributed by atoms with van der Waals surface area (Å²) in [5, 5.41) is 13.6. The molecule has 0 fully saturated rings. The first-order valence-electron chi connectivity index (χ1n) is 13.1. The molecule has 5 aromatic rings. The quantitative estimate of drug-likeness (QED) is 0.310. The molecule has 4 heterocycles. The second-order valence-electron chi connectivity index (χ2n) is 9.58. The van der Waals surface area contributed by atoms with Crippen LogP contribution < -0.4 is 15.0 Å². The molecule has 10 nitrogen and oxygen atoms in total. The van der Waals surface area contributed by atoms with Crippen molar-refractivity contribution in [2.24, 2.45) is 0 Å². The number of nitrogens with one attached hydrogen (secondary N) is 1. The van der Waals surface area contributed by atoms with Crippen molar-refractivity contribution < 1.29 is 9.47 Å². The van der Waals surface area contributed by atoms with Crippen LogP contribution in [-0.4, -0.2) is 48.3 Å². The molecule has 1 N–H and O–H groups in total.